The second-order valence-corrected chi connectivity index (χ2v) is 4.43. The lowest BCUT2D eigenvalue weighted by atomic mass is 10.2. The van der Waals surface area contributed by atoms with E-state index in [9.17, 15) is 4.79 Å². The molecular weight excluding hydrogens is 256 g/mol. The Morgan fingerprint density at radius 3 is 3.05 bits per heavy atom. The van der Waals surface area contributed by atoms with Crippen LogP contribution in [0.4, 0.5) is 0 Å². The van der Waals surface area contributed by atoms with Crippen molar-refractivity contribution >= 4 is 10.9 Å². The molecule has 0 aliphatic carbocycles. The molecule has 0 saturated carbocycles. The van der Waals surface area contributed by atoms with Gasteiger partial charge in [0.15, 0.2) is 0 Å². The Morgan fingerprint density at radius 1 is 1.25 bits per heavy atom. The molecule has 3 rings (SSSR count). The molecule has 0 aliphatic heterocycles. The Labute approximate surface area is 115 Å². The number of aromatic nitrogens is 4. The van der Waals surface area contributed by atoms with Crippen LogP contribution in [0.2, 0.25) is 0 Å². The number of H-pyrrole nitrogens is 1. The number of nitrogens with zero attached hydrogens (tertiary/aromatic N) is 3. The first-order chi connectivity index (χ1) is 9.81. The van der Waals surface area contributed by atoms with Crippen LogP contribution in [-0.2, 0) is 6.54 Å². The van der Waals surface area contributed by atoms with Gasteiger partial charge < -0.3 is 9.72 Å². The van der Waals surface area contributed by atoms with Gasteiger partial charge in [-0.15, -0.1) is 0 Å². The van der Waals surface area contributed by atoms with E-state index >= 15 is 0 Å². The molecule has 0 aliphatic rings. The van der Waals surface area contributed by atoms with Crippen LogP contribution in [0.1, 0.15) is 6.42 Å². The minimum atomic E-state index is -0.0981. The van der Waals surface area contributed by atoms with Crippen LogP contribution in [0.15, 0.2) is 47.8 Å². The largest absolute Gasteiger partial charge is 0.494 e. The molecule has 3 aromatic rings. The van der Waals surface area contributed by atoms with E-state index < -0.39 is 0 Å². The average Bonchev–Trinajstić information content (AvgIpc) is 2.97. The summed E-state index contributed by atoms with van der Waals surface area (Å²) in [5.74, 6) is 0.795. The van der Waals surface area contributed by atoms with E-state index in [-0.39, 0.29) is 5.56 Å². The van der Waals surface area contributed by atoms with Gasteiger partial charge in [-0.25, -0.2) is 4.98 Å². The minimum Gasteiger partial charge on any atom is -0.494 e. The lowest BCUT2D eigenvalue weighted by Gasteiger charge is -2.07. The molecule has 20 heavy (non-hydrogen) atoms. The average molecular weight is 270 g/mol. The van der Waals surface area contributed by atoms with Gasteiger partial charge in [-0.2, -0.15) is 5.10 Å². The SMILES string of the molecule is O=c1ccc2cc(OCCCn3cncn3)ccc2[nH]1. The van der Waals surface area contributed by atoms with Crippen LogP contribution >= 0.6 is 0 Å². The van der Waals surface area contributed by atoms with Crippen LogP contribution in [0.5, 0.6) is 5.75 Å². The third kappa shape index (κ3) is 2.85. The van der Waals surface area contributed by atoms with Crippen molar-refractivity contribution in [2.45, 2.75) is 13.0 Å². The summed E-state index contributed by atoms with van der Waals surface area (Å²) in [4.78, 5) is 17.8. The van der Waals surface area contributed by atoms with Crippen LogP contribution in [0.25, 0.3) is 10.9 Å². The lowest BCUT2D eigenvalue weighted by molar-refractivity contribution is 0.299. The van der Waals surface area contributed by atoms with E-state index in [2.05, 4.69) is 15.1 Å². The maximum Gasteiger partial charge on any atom is 0.248 e. The topological polar surface area (TPSA) is 72.8 Å². The zero-order chi connectivity index (χ0) is 13.8. The van der Waals surface area contributed by atoms with Crippen LogP contribution in [0.3, 0.4) is 0 Å². The Hall–Kier alpha value is -2.63. The van der Waals surface area contributed by atoms with Crippen LogP contribution < -0.4 is 10.3 Å². The fourth-order valence-electron chi connectivity index (χ4n) is 1.99. The number of benzene rings is 1. The molecule has 0 unspecified atom stereocenters. The number of ether oxygens (including phenoxy) is 1. The summed E-state index contributed by atoms with van der Waals surface area (Å²) in [6.45, 7) is 1.38. The van der Waals surface area contributed by atoms with Gasteiger partial charge in [0.25, 0.3) is 0 Å². The Kier molecular flexibility index (Phi) is 3.45. The summed E-state index contributed by atoms with van der Waals surface area (Å²) >= 11 is 0. The second-order valence-electron chi connectivity index (χ2n) is 4.43. The summed E-state index contributed by atoms with van der Waals surface area (Å²) in [5, 5.41) is 4.98. The van der Waals surface area contributed by atoms with E-state index in [4.69, 9.17) is 4.74 Å². The molecular formula is C14H14N4O2. The van der Waals surface area contributed by atoms with E-state index in [0.717, 1.165) is 29.6 Å². The first-order valence-corrected chi connectivity index (χ1v) is 6.39. The molecule has 6 nitrogen and oxygen atoms in total. The van der Waals surface area contributed by atoms with Gasteiger partial charge in [0.05, 0.1) is 6.61 Å². The monoisotopic (exact) mass is 270 g/mol. The van der Waals surface area contributed by atoms with Crippen molar-refractivity contribution in [2.75, 3.05) is 6.61 Å². The molecule has 0 fully saturated rings. The van der Waals surface area contributed by atoms with Crippen molar-refractivity contribution < 1.29 is 4.74 Å². The quantitative estimate of drug-likeness (QED) is 0.714. The molecule has 6 heteroatoms. The van der Waals surface area contributed by atoms with Gasteiger partial charge in [-0.3, -0.25) is 9.48 Å². The van der Waals surface area contributed by atoms with Gasteiger partial charge >= 0.3 is 0 Å². The third-order valence-electron chi connectivity index (χ3n) is 2.96. The van der Waals surface area contributed by atoms with Crippen LogP contribution in [-0.4, -0.2) is 26.4 Å². The summed E-state index contributed by atoms with van der Waals surface area (Å²) in [7, 11) is 0. The van der Waals surface area contributed by atoms with E-state index in [1.807, 2.05) is 18.2 Å². The normalized spacial score (nSPS) is 10.8. The number of hydrogen-bond donors (Lipinski definition) is 1. The standard InChI is InChI=1S/C14H14N4O2/c19-14-5-2-11-8-12(3-4-13(11)17-14)20-7-1-6-18-10-15-9-16-18/h2-5,8-10H,1,6-7H2,(H,17,19). The van der Waals surface area contributed by atoms with Crippen molar-refractivity contribution in [2.24, 2.45) is 0 Å². The summed E-state index contributed by atoms with van der Waals surface area (Å²) < 4.78 is 7.46. The highest BCUT2D eigenvalue weighted by molar-refractivity contribution is 5.79. The van der Waals surface area contributed by atoms with E-state index in [0.29, 0.717) is 6.61 Å². The summed E-state index contributed by atoms with van der Waals surface area (Å²) in [6, 6.07) is 8.92. The van der Waals surface area contributed by atoms with Gasteiger partial charge in [0.1, 0.15) is 18.4 Å². The molecule has 0 amide bonds. The van der Waals surface area contributed by atoms with Crippen molar-refractivity contribution in [3.05, 3.63) is 53.3 Å². The molecule has 1 N–H and O–H groups in total. The van der Waals surface area contributed by atoms with Crippen molar-refractivity contribution in [1.82, 2.24) is 19.7 Å². The lowest BCUT2D eigenvalue weighted by Crippen LogP contribution is -2.05. The zero-order valence-corrected chi connectivity index (χ0v) is 10.8. The maximum atomic E-state index is 11.2. The number of aryl methyl sites for hydroxylation is 1. The fraction of sp³-hybridized carbons (Fsp3) is 0.214. The Balaban J connectivity index is 1.60. The molecule has 102 valence electrons. The van der Waals surface area contributed by atoms with Crippen LogP contribution in [0, 0.1) is 0 Å². The number of rotatable bonds is 5. The number of pyridine rings is 1. The molecule has 0 bridgehead atoms. The molecule has 0 spiro atoms. The molecule has 0 saturated heterocycles. The van der Waals surface area contributed by atoms with Gasteiger partial charge in [0.2, 0.25) is 5.56 Å². The van der Waals surface area contributed by atoms with Gasteiger partial charge in [0, 0.05) is 29.9 Å². The predicted molar refractivity (Wildman–Crippen MR) is 74.7 cm³/mol. The van der Waals surface area contributed by atoms with Gasteiger partial charge in [-0.1, -0.05) is 0 Å². The number of nitrogens with one attached hydrogen (secondary N) is 1. The van der Waals surface area contributed by atoms with Crippen molar-refractivity contribution in [3.8, 4) is 5.75 Å². The molecule has 0 atom stereocenters. The fourth-order valence-corrected chi connectivity index (χ4v) is 1.99. The van der Waals surface area contributed by atoms with Crippen molar-refractivity contribution in [1.29, 1.82) is 0 Å². The number of fused-ring (bicyclic) bond motifs is 1. The highest BCUT2D eigenvalue weighted by Crippen LogP contribution is 2.18. The molecule has 0 radical (unpaired) electrons. The van der Waals surface area contributed by atoms with E-state index in [1.165, 1.54) is 12.4 Å². The number of hydrogen-bond acceptors (Lipinski definition) is 4. The number of aromatic amines is 1. The first kappa shape index (κ1) is 12.4. The van der Waals surface area contributed by atoms with Crippen molar-refractivity contribution in [3.63, 3.8) is 0 Å². The van der Waals surface area contributed by atoms with Gasteiger partial charge in [-0.05, 0) is 24.3 Å². The summed E-state index contributed by atoms with van der Waals surface area (Å²) in [6.07, 6.45) is 4.06. The van der Waals surface area contributed by atoms with E-state index in [1.54, 1.807) is 17.1 Å². The molecule has 2 aromatic heterocycles. The predicted octanol–water partition coefficient (Wildman–Crippen LogP) is 1.59. The minimum absolute atomic E-state index is 0.0981. The Bertz CT molecular complexity index is 749. The first-order valence-electron chi connectivity index (χ1n) is 6.39. The molecule has 1 aromatic carbocycles. The maximum absolute atomic E-state index is 11.2. The zero-order valence-electron chi connectivity index (χ0n) is 10.8. The smallest absolute Gasteiger partial charge is 0.248 e. The second kappa shape index (κ2) is 5.56. The third-order valence-corrected chi connectivity index (χ3v) is 2.96. The highest BCUT2D eigenvalue weighted by Gasteiger charge is 1.99. The summed E-state index contributed by atoms with van der Waals surface area (Å²) in [5.41, 5.74) is 0.714. The Morgan fingerprint density at radius 2 is 2.20 bits per heavy atom. The molecule has 2 heterocycles. The highest BCUT2D eigenvalue weighted by atomic mass is 16.5.